The van der Waals surface area contributed by atoms with Gasteiger partial charge in [0.1, 0.15) is 5.75 Å². The van der Waals surface area contributed by atoms with Crippen molar-refractivity contribution in [2.75, 3.05) is 7.11 Å². The van der Waals surface area contributed by atoms with E-state index in [1.165, 1.54) is 18.0 Å². The summed E-state index contributed by atoms with van der Waals surface area (Å²) in [5, 5.41) is 2.48. The van der Waals surface area contributed by atoms with Crippen molar-refractivity contribution in [1.29, 1.82) is 0 Å². The molecule has 2 heterocycles. The summed E-state index contributed by atoms with van der Waals surface area (Å²) < 4.78 is 44.3. The summed E-state index contributed by atoms with van der Waals surface area (Å²) in [5.74, 6) is 0.621. The molecule has 1 aromatic carbocycles. The lowest BCUT2D eigenvalue weighted by molar-refractivity contribution is -0.137. The minimum absolute atomic E-state index is 0.0248. The van der Waals surface area contributed by atoms with Gasteiger partial charge in [0.15, 0.2) is 0 Å². The second kappa shape index (κ2) is 6.29. The Hall–Kier alpha value is -2.74. The monoisotopic (exact) mass is 369 g/mol. The van der Waals surface area contributed by atoms with Gasteiger partial charge in [-0.05, 0) is 30.3 Å². The van der Waals surface area contributed by atoms with Crippen LogP contribution in [0.2, 0.25) is 5.02 Å². The number of halogens is 4. The highest BCUT2D eigenvalue weighted by atomic mass is 35.5. The van der Waals surface area contributed by atoms with Gasteiger partial charge in [0, 0.05) is 12.4 Å². The Bertz CT molecular complexity index is 962. The molecule has 9 heteroatoms. The van der Waals surface area contributed by atoms with E-state index in [-0.39, 0.29) is 16.3 Å². The van der Waals surface area contributed by atoms with E-state index >= 15 is 0 Å². The molecule has 25 heavy (non-hydrogen) atoms. The van der Waals surface area contributed by atoms with Crippen LogP contribution in [0.1, 0.15) is 5.56 Å². The first-order valence-electron chi connectivity index (χ1n) is 6.99. The van der Waals surface area contributed by atoms with Gasteiger partial charge in [-0.1, -0.05) is 11.6 Å². The number of alkyl halides is 3. The van der Waals surface area contributed by atoms with Crippen LogP contribution in [0.3, 0.4) is 0 Å². The highest BCUT2D eigenvalue weighted by Crippen LogP contribution is 2.33. The number of aromatic amines is 1. The number of nitrogens with one attached hydrogen (secondary N) is 1. The fourth-order valence-corrected chi connectivity index (χ4v) is 2.52. The summed E-state index contributed by atoms with van der Waals surface area (Å²) in [4.78, 5) is 16.2. The van der Waals surface area contributed by atoms with E-state index in [0.29, 0.717) is 17.6 Å². The van der Waals surface area contributed by atoms with Crippen molar-refractivity contribution in [2.45, 2.75) is 6.18 Å². The van der Waals surface area contributed by atoms with Crippen LogP contribution >= 0.6 is 11.6 Å². The van der Waals surface area contributed by atoms with E-state index in [2.05, 4.69) is 10.1 Å². The lowest BCUT2D eigenvalue weighted by Crippen LogP contribution is -2.16. The highest BCUT2D eigenvalue weighted by molar-refractivity contribution is 6.33. The predicted octanol–water partition coefficient (Wildman–Crippen LogP) is 3.91. The third kappa shape index (κ3) is 3.25. The average molecular weight is 370 g/mol. The second-order valence-electron chi connectivity index (χ2n) is 5.08. The molecule has 1 N–H and O–H groups in total. The first kappa shape index (κ1) is 17.1. The number of hydrogen-bond acceptors (Lipinski definition) is 3. The van der Waals surface area contributed by atoms with Crippen LogP contribution in [0.25, 0.3) is 16.9 Å². The van der Waals surface area contributed by atoms with Crippen LogP contribution in [-0.2, 0) is 6.18 Å². The van der Waals surface area contributed by atoms with E-state index in [9.17, 15) is 18.0 Å². The molecule has 3 aromatic rings. The first-order chi connectivity index (χ1) is 11.8. The molecule has 0 fully saturated rings. The van der Waals surface area contributed by atoms with Crippen molar-refractivity contribution in [3.63, 3.8) is 0 Å². The minimum Gasteiger partial charge on any atom is -0.497 e. The van der Waals surface area contributed by atoms with Crippen molar-refractivity contribution in [3.8, 4) is 22.7 Å². The van der Waals surface area contributed by atoms with Crippen molar-refractivity contribution < 1.29 is 17.9 Å². The number of pyridine rings is 1. The molecule has 0 radical (unpaired) electrons. The zero-order valence-electron chi connectivity index (χ0n) is 12.8. The van der Waals surface area contributed by atoms with Crippen molar-refractivity contribution >= 4 is 11.6 Å². The fraction of sp³-hybridized carbons (Fsp3) is 0.125. The SMILES string of the molecule is COc1ccc(-n2[nH]cc(-c3ncc(C(F)(F)F)cc3Cl)c2=O)cc1. The normalized spacial score (nSPS) is 11.6. The lowest BCUT2D eigenvalue weighted by atomic mass is 10.2. The van der Waals surface area contributed by atoms with Gasteiger partial charge in [-0.2, -0.15) is 13.2 Å². The van der Waals surface area contributed by atoms with Crippen molar-refractivity contribution in [3.05, 3.63) is 63.7 Å². The number of nitrogens with zero attached hydrogens (tertiary/aromatic N) is 2. The smallest absolute Gasteiger partial charge is 0.417 e. The second-order valence-corrected chi connectivity index (χ2v) is 5.49. The molecule has 0 saturated heterocycles. The number of aromatic nitrogens is 3. The summed E-state index contributed by atoms with van der Waals surface area (Å²) in [7, 11) is 1.52. The van der Waals surface area contributed by atoms with E-state index in [0.717, 1.165) is 6.07 Å². The molecule has 0 aliphatic rings. The summed E-state index contributed by atoms with van der Waals surface area (Å²) in [6.45, 7) is 0. The molecule has 0 aliphatic heterocycles. The molecule has 0 saturated carbocycles. The third-order valence-electron chi connectivity index (χ3n) is 3.53. The van der Waals surface area contributed by atoms with Gasteiger partial charge in [-0.25, -0.2) is 4.68 Å². The zero-order chi connectivity index (χ0) is 18.2. The molecule has 0 amide bonds. The van der Waals surface area contributed by atoms with Crippen LogP contribution in [0.15, 0.2) is 47.5 Å². The Balaban J connectivity index is 2.02. The van der Waals surface area contributed by atoms with E-state index in [4.69, 9.17) is 16.3 Å². The fourth-order valence-electron chi connectivity index (χ4n) is 2.25. The Morgan fingerprint density at radius 2 is 1.92 bits per heavy atom. The topological polar surface area (TPSA) is 59.9 Å². The van der Waals surface area contributed by atoms with Gasteiger partial charge in [0.05, 0.1) is 34.6 Å². The van der Waals surface area contributed by atoms with Gasteiger partial charge < -0.3 is 4.74 Å². The standard InChI is InChI=1S/C16H11ClF3N3O2/c1-25-11-4-2-10(3-5-11)23-15(24)12(8-22-23)14-13(17)6-9(7-21-14)16(18,19)20/h2-8,22H,1H3. The number of benzene rings is 1. The third-order valence-corrected chi connectivity index (χ3v) is 3.81. The Kier molecular flexibility index (Phi) is 4.30. The molecule has 0 unspecified atom stereocenters. The molecule has 0 spiro atoms. The summed E-state index contributed by atoms with van der Waals surface area (Å²) >= 11 is 5.90. The number of ether oxygens (including phenoxy) is 1. The summed E-state index contributed by atoms with van der Waals surface area (Å²) in [6.07, 6.45) is -2.57. The molecule has 130 valence electrons. The lowest BCUT2D eigenvalue weighted by Gasteiger charge is -2.07. The van der Waals surface area contributed by atoms with E-state index in [1.807, 2.05) is 0 Å². The summed E-state index contributed by atoms with van der Waals surface area (Å²) in [6, 6.07) is 7.40. The van der Waals surface area contributed by atoms with Crippen LogP contribution in [0.4, 0.5) is 13.2 Å². The number of methoxy groups -OCH3 is 1. The predicted molar refractivity (Wildman–Crippen MR) is 86.2 cm³/mol. The number of rotatable bonds is 3. The maximum Gasteiger partial charge on any atom is 0.417 e. The van der Waals surface area contributed by atoms with E-state index in [1.54, 1.807) is 24.3 Å². The van der Waals surface area contributed by atoms with Crippen LogP contribution < -0.4 is 10.3 Å². The molecule has 2 aromatic heterocycles. The number of hydrogen-bond donors (Lipinski definition) is 1. The number of H-pyrrole nitrogens is 1. The Labute approximate surface area is 144 Å². The van der Waals surface area contributed by atoms with E-state index < -0.39 is 17.3 Å². The average Bonchev–Trinajstić information content (AvgIpc) is 2.95. The highest BCUT2D eigenvalue weighted by Gasteiger charge is 2.32. The maximum atomic E-state index is 12.7. The maximum absolute atomic E-state index is 12.7. The summed E-state index contributed by atoms with van der Waals surface area (Å²) in [5.41, 5.74) is -0.899. The van der Waals surface area contributed by atoms with Crippen molar-refractivity contribution in [2.24, 2.45) is 0 Å². The minimum atomic E-state index is -4.56. The molecule has 0 bridgehead atoms. The van der Waals surface area contributed by atoms with Gasteiger partial charge >= 0.3 is 6.18 Å². The van der Waals surface area contributed by atoms with Gasteiger partial charge in [-0.3, -0.25) is 14.9 Å². The molecule has 3 rings (SSSR count). The molecular formula is C16H11ClF3N3O2. The quantitative estimate of drug-likeness (QED) is 0.761. The van der Waals surface area contributed by atoms with Crippen molar-refractivity contribution in [1.82, 2.24) is 14.8 Å². The van der Waals surface area contributed by atoms with Gasteiger partial charge in [-0.15, -0.1) is 0 Å². The first-order valence-corrected chi connectivity index (χ1v) is 7.37. The van der Waals surface area contributed by atoms with Crippen LogP contribution in [0.5, 0.6) is 5.75 Å². The molecule has 5 nitrogen and oxygen atoms in total. The zero-order valence-corrected chi connectivity index (χ0v) is 13.5. The molecule has 0 atom stereocenters. The molecule has 0 aliphatic carbocycles. The Morgan fingerprint density at radius 1 is 1.24 bits per heavy atom. The Morgan fingerprint density at radius 3 is 2.48 bits per heavy atom. The van der Waals surface area contributed by atoms with Gasteiger partial charge in [0.25, 0.3) is 5.56 Å². The van der Waals surface area contributed by atoms with Gasteiger partial charge in [0.2, 0.25) is 0 Å². The largest absolute Gasteiger partial charge is 0.497 e. The molecular weight excluding hydrogens is 359 g/mol. The van der Waals surface area contributed by atoms with Crippen LogP contribution in [0, 0.1) is 0 Å². The van der Waals surface area contributed by atoms with Crippen LogP contribution in [-0.4, -0.2) is 21.9 Å².